The molecule has 1 heterocycles. The maximum Gasteiger partial charge on any atom is 0.255 e. The Kier molecular flexibility index (Phi) is 5.45. The van der Waals surface area contributed by atoms with Gasteiger partial charge >= 0.3 is 0 Å². The predicted octanol–water partition coefficient (Wildman–Crippen LogP) is 1.95. The molecule has 0 saturated heterocycles. The highest BCUT2D eigenvalue weighted by atomic mass is 19.1. The fraction of sp³-hybridized carbons (Fsp3) is 0.333. The van der Waals surface area contributed by atoms with Crippen molar-refractivity contribution in [3.8, 4) is 11.3 Å². The monoisotopic (exact) mass is 290 g/mol. The molecule has 1 aromatic carbocycles. The second kappa shape index (κ2) is 7.54. The van der Waals surface area contributed by atoms with E-state index >= 15 is 0 Å². The Labute approximate surface area is 123 Å². The molecule has 2 rings (SSSR count). The Bertz CT molecular complexity index is 597. The van der Waals surface area contributed by atoms with Gasteiger partial charge in [-0.05, 0) is 25.1 Å². The average Bonchev–Trinajstić information content (AvgIpc) is 2.96. The highest BCUT2D eigenvalue weighted by Crippen LogP contribution is 2.23. The lowest BCUT2D eigenvalue weighted by Gasteiger charge is -2.07. The average molecular weight is 290 g/mol. The third-order valence-electron chi connectivity index (χ3n) is 3.04. The summed E-state index contributed by atoms with van der Waals surface area (Å²) in [5.74, 6) is -0.652. The van der Waals surface area contributed by atoms with Gasteiger partial charge in [-0.25, -0.2) is 4.39 Å². The van der Waals surface area contributed by atoms with Gasteiger partial charge in [-0.1, -0.05) is 19.1 Å². The number of H-pyrrole nitrogens is 1. The van der Waals surface area contributed by atoms with Crippen molar-refractivity contribution in [2.24, 2.45) is 0 Å². The molecule has 2 aromatic rings. The number of hydrogen-bond donors (Lipinski definition) is 3. The molecule has 1 aromatic heterocycles. The van der Waals surface area contributed by atoms with E-state index in [0.29, 0.717) is 29.9 Å². The topological polar surface area (TPSA) is 69.8 Å². The zero-order valence-corrected chi connectivity index (χ0v) is 11.9. The summed E-state index contributed by atoms with van der Waals surface area (Å²) in [5.41, 5.74) is 1.08. The fourth-order valence-corrected chi connectivity index (χ4v) is 1.99. The molecular formula is C15H19FN4O. The first-order chi connectivity index (χ1) is 10.2. The van der Waals surface area contributed by atoms with Gasteiger partial charge in [-0.3, -0.25) is 9.89 Å². The van der Waals surface area contributed by atoms with Crippen molar-refractivity contribution < 1.29 is 9.18 Å². The second-order valence-corrected chi connectivity index (χ2v) is 4.64. The van der Waals surface area contributed by atoms with E-state index in [0.717, 1.165) is 13.0 Å². The molecule has 112 valence electrons. The summed E-state index contributed by atoms with van der Waals surface area (Å²) in [6, 6.07) is 6.29. The summed E-state index contributed by atoms with van der Waals surface area (Å²) >= 11 is 0. The van der Waals surface area contributed by atoms with Crippen LogP contribution in [0.1, 0.15) is 23.7 Å². The van der Waals surface area contributed by atoms with Crippen LogP contribution in [-0.4, -0.2) is 35.7 Å². The zero-order chi connectivity index (χ0) is 15.1. The van der Waals surface area contributed by atoms with Crippen molar-refractivity contribution in [1.82, 2.24) is 20.8 Å². The lowest BCUT2D eigenvalue weighted by Crippen LogP contribution is -2.32. The largest absolute Gasteiger partial charge is 0.351 e. The van der Waals surface area contributed by atoms with Gasteiger partial charge in [0.25, 0.3) is 5.91 Å². The minimum absolute atomic E-state index is 0.264. The van der Waals surface area contributed by atoms with E-state index in [1.807, 2.05) is 0 Å². The lowest BCUT2D eigenvalue weighted by molar-refractivity contribution is 0.0954. The summed E-state index contributed by atoms with van der Waals surface area (Å²) in [5, 5.41) is 12.5. The molecule has 1 amide bonds. The van der Waals surface area contributed by atoms with Gasteiger partial charge in [-0.2, -0.15) is 5.10 Å². The van der Waals surface area contributed by atoms with Gasteiger partial charge in [-0.15, -0.1) is 0 Å². The Morgan fingerprint density at radius 2 is 2.10 bits per heavy atom. The first-order valence-corrected chi connectivity index (χ1v) is 7.01. The molecule has 0 radical (unpaired) electrons. The van der Waals surface area contributed by atoms with Gasteiger partial charge in [0.1, 0.15) is 5.82 Å². The van der Waals surface area contributed by atoms with E-state index < -0.39 is 0 Å². The lowest BCUT2D eigenvalue weighted by atomic mass is 10.1. The number of benzene rings is 1. The van der Waals surface area contributed by atoms with Gasteiger partial charge in [0.05, 0.1) is 17.5 Å². The molecule has 6 heteroatoms. The van der Waals surface area contributed by atoms with Crippen LogP contribution >= 0.6 is 0 Å². The van der Waals surface area contributed by atoms with Gasteiger partial charge in [0.15, 0.2) is 0 Å². The summed E-state index contributed by atoms with van der Waals surface area (Å²) in [6.07, 6.45) is 2.46. The SMILES string of the molecule is CCCNCCNC(=O)c1cn[nH]c1-c1ccccc1F. The molecule has 3 N–H and O–H groups in total. The number of amides is 1. The van der Waals surface area contributed by atoms with Crippen LogP contribution in [0.25, 0.3) is 11.3 Å². The van der Waals surface area contributed by atoms with Crippen molar-refractivity contribution >= 4 is 5.91 Å². The van der Waals surface area contributed by atoms with Crippen molar-refractivity contribution in [3.63, 3.8) is 0 Å². The Hall–Kier alpha value is -2.21. The van der Waals surface area contributed by atoms with E-state index in [9.17, 15) is 9.18 Å². The van der Waals surface area contributed by atoms with E-state index in [4.69, 9.17) is 0 Å². The first kappa shape index (κ1) is 15.2. The van der Waals surface area contributed by atoms with Crippen molar-refractivity contribution in [2.75, 3.05) is 19.6 Å². The van der Waals surface area contributed by atoms with Crippen molar-refractivity contribution in [2.45, 2.75) is 13.3 Å². The third-order valence-corrected chi connectivity index (χ3v) is 3.04. The molecule has 0 fully saturated rings. The molecule has 0 aliphatic carbocycles. The van der Waals surface area contributed by atoms with Crippen LogP contribution in [0, 0.1) is 5.82 Å². The van der Waals surface area contributed by atoms with E-state index in [1.165, 1.54) is 12.3 Å². The Morgan fingerprint density at radius 1 is 1.29 bits per heavy atom. The van der Waals surface area contributed by atoms with E-state index in [1.54, 1.807) is 18.2 Å². The Balaban J connectivity index is 2.03. The summed E-state index contributed by atoms with van der Waals surface area (Å²) in [7, 11) is 0. The van der Waals surface area contributed by atoms with E-state index in [2.05, 4.69) is 27.8 Å². The fourth-order valence-electron chi connectivity index (χ4n) is 1.99. The van der Waals surface area contributed by atoms with Gasteiger partial charge in [0, 0.05) is 18.7 Å². The van der Waals surface area contributed by atoms with Crippen LogP contribution in [0.5, 0.6) is 0 Å². The van der Waals surface area contributed by atoms with Gasteiger partial charge < -0.3 is 10.6 Å². The molecule has 0 bridgehead atoms. The zero-order valence-electron chi connectivity index (χ0n) is 11.9. The summed E-state index contributed by atoms with van der Waals surface area (Å²) in [4.78, 5) is 12.1. The molecule has 0 spiro atoms. The number of aromatic nitrogens is 2. The van der Waals surface area contributed by atoms with Crippen LogP contribution in [0.2, 0.25) is 0 Å². The molecule has 0 atom stereocenters. The van der Waals surface area contributed by atoms with Crippen molar-refractivity contribution in [1.29, 1.82) is 0 Å². The highest BCUT2D eigenvalue weighted by Gasteiger charge is 2.17. The van der Waals surface area contributed by atoms with Crippen LogP contribution in [-0.2, 0) is 0 Å². The molecule has 5 nitrogen and oxygen atoms in total. The van der Waals surface area contributed by atoms with Crippen LogP contribution in [0.4, 0.5) is 4.39 Å². The predicted molar refractivity (Wildman–Crippen MR) is 79.5 cm³/mol. The Morgan fingerprint density at radius 3 is 2.86 bits per heavy atom. The molecule has 0 unspecified atom stereocenters. The number of nitrogens with zero attached hydrogens (tertiary/aromatic N) is 1. The maximum atomic E-state index is 13.8. The third kappa shape index (κ3) is 3.88. The standard InChI is InChI=1S/C15H19FN4O/c1-2-7-17-8-9-18-15(21)12-10-19-20-14(12)11-5-3-4-6-13(11)16/h3-6,10,17H,2,7-9H2,1H3,(H,18,21)(H,19,20). The van der Waals surface area contributed by atoms with Crippen molar-refractivity contribution in [3.05, 3.63) is 41.8 Å². The maximum absolute atomic E-state index is 13.8. The normalized spacial score (nSPS) is 10.6. The van der Waals surface area contributed by atoms with Gasteiger partial charge in [0.2, 0.25) is 0 Å². The smallest absolute Gasteiger partial charge is 0.255 e. The highest BCUT2D eigenvalue weighted by molar-refractivity contribution is 5.99. The van der Waals surface area contributed by atoms with Crippen LogP contribution < -0.4 is 10.6 Å². The minimum atomic E-state index is -0.389. The number of nitrogens with one attached hydrogen (secondary N) is 3. The summed E-state index contributed by atoms with van der Waals surface area (Å²) < 4.78 is 13.8. The second-order valence-electron chi connectivity index (χ2n) is 4.64. The molecule has 0 saturated carbocycles. The van der Waals surface area contributed by atoms with Crippen LogP contribution in [0.15, 0.2) is 30.5 Å². The molecular weight excluding hydrogens is 271 g/mol. The molecule has 0 aliphatic rings. The number of hydrogen-bond acceptors (Lipinski definition) is 3. The first-order valence-electron chi connectivity index (χ1n) is 7.01. The number of halogens is 1. The number of carbonyl (C=O) groups excluding carboxylic acids is 1. The number of carbonyl (C=O) groups is 1. The van der Waals surface area contributed by atoms with Crippen LogP contribution in [0.3, 0.4) is 0 Å². The summed E-state index contributed by atoms with van der Waals surface area (Å²) in [6.45, 7) is 4.22. The number of aromatic amines is 1. The molecule has 21 heavy (non-hydrogen) atoms. The molecule has 0 aliphatic heterocycles. The quantitative estimate of drug-likeness (QED) is 0.683. The van der Waals surface area contributed by atoms with E-state index in [-0.39, 0.29) is 11.7 Å². The minimum Gasteiger partial charge on any atom is -0.351 e. The number of rotatable bonds is 7.